The number of hydrogen-bond acceptors (Lipinski definition) is 3. The second-order valence-electron chi connectivity index (χ2n) is 4.80. The third kappa shape index (κ3) is 2.92. The van der Waals surface area contributed by atoms with Crippen LogP contribution in [0.25, 0.3) is 0 Å². The second kappa shape index (κ2) is 4.49. The van der Waals surface area contributed by atoms with Gasteiger partial charge in [0.05, 0.1) is 6.04 Å². The number of rotatable bonds is 3. The van der Waals surface area contributed by atoms with Crippen molar-refractivity contribution in [1.29, 1.82) is 0 Å². The van der Waals surface area contributed by atoms with Crippen molar-refractivity contribution in [3.05, 3.63) is 0 Å². The van der Waals surface area contributed by atoms with Gasteiger partial charge in [-0.05, 0) is 26.8 Å². The minimum absolute atomic E-state index is 0.0410. The summed E-state index contributed by atoms with van der Waals surface area (Å²) in [6, 6.07) is 0.520. The molecule has 1 aliphatic heterocycles. The monoisotopic (exact) mass is 211 g/mol. The highest BCUT2D eigenvalue weighted by Gasteiger charge is 2.29. The number of likely N-dealkylation sites (N-methyl/N-ethyl adjacent to an activating group) is 1. The largest absolute Gasteiger partial charge is 0.352 e. The number of amides is 1. The highest BCUT2D eigenvalue weighted by atomic mass is 16.2. The van der Waals surface area contributed by atoms with Gasteiger partial charge in [0.2, 0.25) is 5.91 Å². The molecule has 15 heavy (non-hydrogen) atoms. The lowest BCUT2D eigenvalue weighted by atomic mass is 10.2. The summed E-state index contributed by atoms with van der Waals surface area (Å²) in [5.41, 5.74) is 0. The second-order valence-corrected chi connectivity index (χ2v) is 4.80. The first-order chi connectivity index (χ1) is 7.16. The molecule has 4 heteroatoms. The third-order valence-corrected chi connectivity index (χ3v) is 3.39. The van der Waals surface area contributed by atoms with Crippen molar-refractivity contribution in [2.75, 3.05) is 33.2 Å². The topological polar surface area (TPSA) is 35.6 Å². The van der Waals surface area contributed by atoms with Gasteiger partial charge in [0.1, 0.15) is 0 Å². The number of carbonyl (C=O) groups excluding carboxylic acids is 1. The summed E-state index contributed by atoms with van der Waals surface area (Å²) in [6.45, 7) is 6.18. The molecule has 1 heterocycles. The molecule has 0 aromatic heterocycles. The van der Waals surface area contributed by atoms with Gasteiger partial charge in [0.25, 0.3) is 0 Å². The predicted molar refractivity (Wildman–Crippen MR) is 59.7 cm³/mol. The van der Waals surface area contributed by atoms with Crippen LogP contribution in [0.5, 0.6) is 0 Å². The highest BCUT2D eigenvalue weighted by molar-refractivity contribution is 5.81. The van der Waals surface area contributed by atoms with Crippen molar-refractivity contribution in [2.24, 2.45) is 0 Å². The summed E-state index contributed by atoms with van der Waals surface area (Å²) in [4.78, 5) is 16.4. The molecule has 0 aromatic carbocycles. The quantitative estimate of drug-likeness (QED) is 0.708. The first kappa shape index (κ1) is 10.9. The lowest BCUT2D eigenvalue weighted by Crippen LogP contribution is -2.53. The lowest BCUT2D eigenvalue weighted by molar-refractivity contribution is -0.126. The molecule has 0 bridgehead atoms. The molecule has 1 amide bonds. The van der Waals surface area contributed by atoms with E-state index in [1.165, 1.54) is 12.8 Å². The molecule has 1 saturated carbocycles. The van der Waals surface area contributed by atoms with Crippen LogP contribution in [0.4, 0.5) is 0 Å². The van der Waals surface area contributed by atoms with Crippen LogP contribution in [0.1, 0.15) is 19.8 Å². The summed E-state index contributed by atoms with van der Waals surface area (Å²) in [7, 11) is 2.13. The first-order valence-corrected chi connectivity index (χ1v) is 5.90. The third-order valence-electron chi connectivity index (χ3n) is 3.39. The van der Waals surface area contributed by atoms with E-state index in [9.17, 15) is 4.79 Å². The number of nitrogens with one attached hydrogen (secondary N) is 1. The lowest BCUT2D eigenvalue weighted by Gasteiger charge is -2.35. The standard InChI is InChI=1S/C11H21N3O/c1-9(11(15)12-10-3-4-10)14-7-5-13(2)6-8-14/h9-10H,3-8H2,1-2H3,(H,12,15). The summed E-state index contributed by atoms with van der Waals surface area (Å²) >= 11 is 0. The molecule has 1 saturated heterocycles. The fourth-order valence-electron chi connectivity index (χ4n) is 1.92. The Hall–Kier alpha value is -0.610. The van der Waals surface area contributed by atoms with E-state index >= 15 is 0 Å². The Bertz CT molecular complexity index is 232. The molecule has 0 radical (unpaired) electrons. The molecule has 0 aromatic rings. The van der Waals surface area contributed by atoms with E-state index in [2.05, 4.69) is 22.2 Å². The molecule has 1 atom stereocenters. The average molecular weight is 211 g/mol. The van der Waals surface area contributed by atoms with Gasteiger partial charge < -0.3 is 10.2 Å². The number of nitrogens with zero attached hydrogens (tertiary/aromatic N) is 2. The van der Waals surface area contributed by atoms with Gasteiger partial charge in [-0.3, -0.25) is 9.69 Å². The zero-order chi connectivity index (χ0) is 10.8. The maximum atomic E-state index is 11.8. The van der Waals surface area contributed by atoms with Gasteiger partial charge in [-0.2, -0.15) is 0 Å². The Morgan fingerprint density at radius 3 is 2.40 bits per heavy atom. The van der Waals surface area contributed by atoms with Crippen molar-refractivity contribution in [2.45, 2.75) is 31.8 Å². The Labute approximate surface area is 91.6 Å². The average Bonchev–Trinajstić information content (AvgIpc) is 3.02. The molecule has 2 fully saturated rings. The van der Waals surface area contributed by atoms with Crippen molar-refractivity contribution in [3.63, 3.8) is 0 Å². The van der Waals surface area contributed by atoms with E-state index in [0.717, 1.165) is 26.2 Å². The van der Waals surface area contributed by atoms with Gasteiger partial charge >= 0.3 is 0 Å². The number of hydrogen-bond donors (Lipinski definition) is 1. The molecule has 2 rings (SSSR count). The van der Waals surface area contributed by atoms with Crippen LogP contribution >= 0.6 is 0 Å². The van der Waals surface area contributed by atoms with Crippen molar-refractivity contribution in [1.82, 2.24) is 15.1 Å². The van der Waals surface area contributed by atoms with E-state index in [-0.39, 0.29) is 11.9 Å². The fraction of sp³-hybridized carbons (Fsp3) is 0.909. The summed E-state index contributed by atoms with van der Waals surface area (Å²) in [6.07, 6.45) is 2.34. The Morgan fingerprint density at radius 2 is 1.87 bits per heavy atom. The van der Waals surface area contributed by atoms with E-state index < -0.39 is 0 Å². The molecule has 4 nitrogen and oxygen atoms in total. The van der Waals surface area contributed by atoms with Crippen molar-refractivity contribution < 1.29 is 4.79 Å². The van der Waals surface area contributed by atoms with Gasteiger partial charge in [-0.15, -0.1) is 0 Å². The number of piperazine rings is 1. The van der Waals surface area contributed by atoms with Crippen molar-refractivity contribution in [3.8, 4) is 0 Å². The van der Waals surface area contributed by atoms with E-state index in [1.54, 1.807) is 0 Å². The zero-order valence-electron chi connectivity index (χ0n) is 9.70. The summed E-state index contributed by atoms with van der Waals surface area (Å²) < 4.78 is 0. The van der Waals surface area contributed by atoms with Crippen LogP contribution in [0.3, 0.4) is 0 Å². The van der Waals surface area contributed by atoms with Gasteiger partial charge in [0.15, 0.2) is 0 Å². The maximum Gasteiger partial charge on any atom is 0.237 e. The molecule has 1 N–H and O–H groups in total. The minimum Gasteiger partial charge on any atom is -0.352 e. The van der Waals surface area contributed by atoms with E-state index in [4.69, 9.17) is 0 Å². The summed E-state index contributed by atoms with van der Waals surface area (Å²) in [5.74, 6) is 0.210. The maximum absolute atomic E-state index is 11.8. The minimum atomic E-state index is 0.0410. The van der Waals surface area contributed by atoms with Crippen LogP contribution in [0.15, 0.2) is 0 Å². The molecular weight excluding hydrogens is 190 g/mol. The van der Waals surface area contributed by atoms with Crippen LogP contribution in [-0.2, 0) is 4.79 Å². The molecule has 1 unspecified atom stereocenters. The van der Waals surface area contributed by atoms with Crippen molar-refractivity contribution >= 4 is 5.91 Å². The van der Waals surface area contributed by atoms with Gasteiger partial charge in [-0.1, -0.05) is 0 Å². The Balaban J connectivity index is 1.78. The first-order valence-electron chi connectivity index (χ1n) is 5.90. The number of carbonyl (C=O) groups is 1. The van der Waals surface area contributed by atoms with Crippen LogP contribution < -0.4 is 5.32 Å². The smallest absolute Gasteiger partial charge is 0.237 e. The zero-order valence-corrected chi connectivity index (χ0v) is 9.70. The Kier molecular flexibility index (Phi) is 3.26. The normalized spacial score (nSPS) is 26.3. The molecule has 1 aliphatic carbocycles. The van der Waals surface area contributed by atoms with Gasteiger partial charge in [0, 0.05) is 32.2 Å². The molecule has 2 aliphatic rings. The van der Waals surface area contributed by atoms with E-state index in [1.807, 2.05) is 6.92 Å². The van der Waals surface area contributed by atoms with Crippen LogP contribution in [-0.4, -0.2) is 61.0 Å². The fourth-order valence-corrected chi connectivity index (χ4v) is 1.92. The van der Waals surface area contributed by atoms with Gasteiger partial charge in [-0.25, -0.2) is 0 Å². The Morgan fingerprint density at radius 1 is 1.27 bits per heavy atom. The van der Waals surface area contributed by atoms with Crippen LogP contribution in [0, 0.1) is 0 Å². The highest BCUT2D eigenvalue weighted by Crippen LogP contribution is 2.19. The molecular formula is C11H21N3O. The molecule has 86 valence electrons. The van der Waals surface area contributed by atoms with Crippen LogP contribution in [0.2, 0.25) is 0 Å². The molecule has 0 spiro atoms. The predicted octanol–water partition coefficient (Wildman–Crippen LogP) is -0.0991. The van der Waals surface area contributed by atoms with E-state index in [0.29, 0.717) is 6.04 Å². The summed E-state index contributed by atoms with van der Waals surface area (Å²) in [5, 5.41) is 3.07. The SMILES string of the molecule is CC(C(=O)NC1CC1)N1CCN(C)CC1.